The van der Waals surface area contributed by atoms with Crippen LogP contribution in [0.2, 0.25) is 0 Å². The van der Waals surface area contributed by atoms with Crippen molar-refractivity contribution in [2.75, 3.05) is 24.3 Å². The highest BCUT2D eigenvalue weighted by Gasteiger charge is 2.17. The Kier molecular flexibility index (Phi) is 5.74. The summed E-state index contributed by atoms with van der Waals surface area (Å²) in [6.45, 7) is 3.86. The van der Waals surface area contributed by atoms with Crippen LogP contribution in [0.5, 0.6) is 11.5 Å². The Morgan fingerprint density at radius 1 is 1.34 bits per heavy atom. The average molecular weight is 427 g/mol. The van der Waals surface area contributed by atoms with Gasteiger partial charge < -0.3 is 19.4 Å². The molecule has 1 aromatic carbocycles. The van der Waals surface area contributed by atoms with Crippen molar-refractivity contribution < 1.29 is 14.3 Å². The Morgan fingerprint density at radius 2 is 2.17 bits per heavy atom. The molecule has 0 spiro atoms. The second-order valence-corrected chi connectivity index (χ2v) is 8.00. The lowest BCUT2D eigenvalue weighted by Gasteiger charge is -2.19. The standard InChI is InChI=1S/C20H18N4O3S2/c1-2-24-15(13-3-4-16-17(9-13)27-7-6-26-16)11-22-20(24)29-12-18(25)23-19-14(10-21)5-8-28-19/h3-5,8-9,11H,2,6-7,12H2,1H3,(H,23,25). The van der Waals surface area contributed by atoms with Crippen molar-refractivity contribution in [1.29, 1.82) is 5.26 Å². The van der Waals surface area contributed by atoms with Crippen LogP contribution in [0.15, 0.2) is 41.0 Å². The summed E-state index contributed by atoms with van der Waals surface area (Å²) in [5.74, 6) is 1.52. The largest absolute Gasteiger partial charge is 0.486 e. The summed E-state index contributed by atoms with van der Waals surface area (Å²) in [6.07, 6.45) is 1.81. The number of anilines is 1. The second kappa shape index (κ2) is 8.59. The maximum Gasteiger partial charge on any atom is 0.235 e. The van der Waals surface area contributed by atoms with Crippen LogP contribution < -0.4 is 14.8 Å². The van der Waals surface area contributed by atoms with Crippen molar-refractivity contribution in [3.05, 3.63) is 41.4 Å². The number of imidazole rings is 1. The monoisotopic (exact) mass is 426 g/mol. The van der Waals surface area contributed by atoms with E-state index in [2.05, 4.69) is 20.9 Å². The van der Waals surface area contributed by atoms with E-state index in [1.165, 1.54) is 23.1 Å². The number of carbonyl (C=O) groups is 1. The zero-order valence-electron chi connectivity index (χ0n) is 15.7. The summed E-state index contributed by atoms with van der Waals surface area (Å²) in [5.41, 5.74) is 2.42. The average Bonchev–Trinajstić information content (AvgIpc) is 3.37. The fourth-order valence-electron chi connectivity index (χ4n) is 3.00. The van der Waals surface area contributed by atoms with Gasteiger partial charge in [0, 0.05) is 12.1 Å². The summed E-state index contributed by atoms with van der Waals surface area (Å²) in [6, 6.07) is 9.61. The molecule has 0 atom stereocenters. The summed E-state index contributed by atoms with van der Waals surface area (Å²) >= 11 is 2.70. The minimum absolute atomic E-state index is 0.166. The summed E-state index contributed by atoms with van der Waals surface area (Å²) < 4.78 is 13.3. The van der Waals surface area contributed by atoms with Gasteiger partial charge in [0.25, 0.3) is 0 Å². The second-order valence-electron chi connectivity index (χ2n) is 6.14. The molecule has 148 valence electrons. The molecule has 0 saturated heterocycles. The third-order valence-electron chi connectivity index (χ3n) is 4.34. The van der Waals surface area contributed by atoms with Crippen molar-refractivity contribution in [3.63, 3.8) is 0 Å². The number of aromatic nitrogens is 2. The summed E-state index contributed by atoms with van der Waals surface area (Å²) in [7, 11) is 0. The van der Waals surface area contributed by atoms with Crippen LogP contribution in [0.1, 0.15) is 12.5 Å². The van der Waals surface area contributed by atoms with Crippen LogP contribution in [0, 0.1) is 11.3 Å². The van der Waals surface area contributed by atoms with Gasteiger partial charge in [-0.05, 0) is 36.6 Å². The molecule has 0 radical (unpaired) electrons. The molecule has 3 heterocycles. The number of benzene rings is 1. The number of thioether (sulfide) groups is 1. The normalized spacial score (nSPS) is 12.4. The third-order valence-corrected chi connectivity index (χ3v) is 6.16. The fraction of sp³-hybridized carbons (Fsp3) is 0.250. The van der Waals surface area contributed by atoms with E-state index in [0.717, 1.165) is 34.5 Å². The van der Waals surface area contributed by atoms with Crippen LogP contribution in [0.4, 0.5) is 5.00 Å². The van der Waals surface area contributed by atoms with Gasteiger partial charge in [-0.1, -0.05) is 11.8 Å². The number of amides is 1. The Labute approximate surface area is 176 Å². The molecule has 1 aliphatic heterocycles. The number of ether oxygens (including phenoxy) is 2. The Morgan fingerprint density at radius 3 is 2.97 bits per heavy atom. The van der Waals surface area contributed by atoms with E-state index < -0.39 is 0 Å². The Balaban J connectivity index is 1.48. The number of carbonyl (C=O) groups excluding carboxylic acids is 1. The van der Waals surface area contributed by atoms with Gasteiger partial charge >= 0.3 is 0 Å². The third kappa shape index (κ3) is 4.09. The van der Waals surface area contributed by atoms with E-state index >= 15 is 0 Å². The molecule has 9 heteroatoms. The fourth-order valence-corrected chi connectivity index (χ4v) is 4.60. The first kappa shape index (κ1) is 19.4. The number of nitrogens with one attached hydrogen (secondary N) is 1. The predicted octanol–water partition coefficient (Wildman–Crippen LogP) is 4.01. The van der Waals surface area contributed by atoms with E-state index in [-0.39, 0.29) is 11.7 Å². The summed E-state index contributed by atoms with van der Waals surface area (Å²) in [4.78, 5) is 16.8. The van der Waals surface area contributed by atoms with Crippen LogP contribution in [-0.4, -0.2) is 34.4 Å². The lowest BCUT2D eigenvalue weighted by molar-refractivity contribution is -0.113. The topological polar surface area (TPSA) is 89.2 Å². The highest BCUT2D eigenvalue weighted by molar-refractivity contribution is 7.99. The van der Waals surface area contributed by atoms with Crippen molar-refractivity contribution in [2.24, 2.45) is 0 Å². The van der Waals surface area contributed by atoms with E-state index in [4.69, 9.17) is 14.7 Å². The number of nitrogens with zero attached hydrogens (tertiary/aromatic N) is 3. The van der Waals surface area contributed by atoms with Gasteiger partial charge in [0.15, 0.2) is 16.7 Å². The van der Waals surface area contributed by atoms with Gasteiger partial charge in [0.05, 0.1) is 23.2 Å². The molecule has 2 aromatic heterocycles. The minimum Gasteiger partial charge on any atom is -0.486 e. The minimum atomic E-state index is -0.166. The number of hydrogen-bond acceptors (Lipinski definition) is 7. The molecule has 1 aliphatic rings. The predicted molar refractivity (Wildman–Crippen MR) is 113 cm³/mol. The molecule has 0 unspecified atom stereocenters. The van der Waals surface area contributed by atoms with Crippen molar-refractivity contribution in [1.82, 2.24) is 9.55 Å². The van der Waals surface area contributed by atoms with Crippen LogP contribution in [0.3, 0.4) is 0 Å². The zero-order valence-corrected chi connectivity index (χ0v) is 17.3. The van der Waals surface area contributed by atoms with E-state index in [0.29, 0.717) is 23.8 Å². The van der Waals surface area contributed by atoms with E-state index in [9.17, 15) is 4.79 Å². The molecule has 0 aliphatic carbocycles. The first-order chi connectivity index (χ1) is 14.2. The number of hydrogen-bond donors (Lipinski definition) is 1. The molecule has 0 saturated carbocycles. The molecule has 3 aromatic rings. The van der Waals surface area contributed by atoms with E-state index in [1.54, 1.807) is 11.4 Å². The first-order valence-corrected chi connectivity index (χ1v) is 10.9. The molecular formula is C20H18N4O3S2. The smallest absolute Gasteiger partial charge is 0.235 e. The quantitative estimate of drug-likeness (QED) is 0.599. The van der Waals surface area contributed by atoms with Gasteiger partial charge in [0.2, 0.25) is 5.91 Å². The Hall–Kier alpha value is -2.96. The molecular weight excluding hydrogens is 408 g/mol. The number of thiophene rings is 1. The maximum absolute atomic E-state index is 12.3. The molecule has 1 amide bonds. The van der Waals surface area contributed by atoms with Gasteiger partial charge in [-0.3, -0.25) is 4.79 Å². The molecule has 0 bridgehead atoms. The zero-order chi connectivity index (χ0) is 20.2. The van der Waals surface area contributed by atoms with Gasteiger partial charge in [-0.25, -0.2) is 4.98 Å². The van der Waals surface area contributed by atoms with Crippen LogP contribution in [0.25, 0.3) is 11.3 Å². The summed E-state index contributed by atoms with van der Waals surface area (Å²) in [5, 5.41) is 15.0. The van der Waals surface area contributed by atoms with Crippen molar-refractivity contribution >= 4 is 34.0 Å². The van der Waals surface area contributed by atoms with Crippen molar-refractivity contribution in [2.45, 2.75) is 18.6 Å². The Bertz CT molecular complexity index is 1080. The van der Waals surface area contributed by atoms with E-state index in [1.807, 2.05) is 31.3 Å². The van der Waals surface area contributed by atoms with Gasteiger partial charge in [-0.2, -0.15) is 5.26 Å². The number of nitriles is 1. The van der Waals surface area contributed by atoms with Crippen molar-refractivity contribution in [3.8, 4) is 28.8 Å². The first-order valence-electron chi connectivity index (χ1n) is 9.05. The number of fused-ring (bicyclic) bond motifs is 1. The van der Waals surface area contributed by atoms with Gasteiger partial charge in [-0.15, -0.1) is 11.3 Å². The maximum atomic E-state index is 12.3. The molecule has 4 rings (SSSR count). The number of rotatable bonds is 6. The highest BCUT2D eigenvalue weighted by Crippen LogP contribution is 2.35. The lowest BCUT2D eigenvalue weighted by Crippen LogP contribution is -2.15. The SMILES string of the molecule is CCn1c(-c2ccc3c(c2)OCCO3)cnc1SCC(=O)Nc1sccc1C#N. The van der Waals surface area contributed by atoms with Crippen LogP contribution >= 0.6 is 23.1 Å². The van der Waals surface area contributed by atoms with Gasteiger partial charge in [0.1, 0.15) is 24.3 Å². The molecule has 0 fully saturated rings. The molecule has 1 N–H and O–H groups in total. The highest BCUT2D eigenvalue weighted by atomic mass is 32.2. The van der Waals surface area contributed by atoms with Crippen LogP contribution in [-0.2, 0) is 11.3 Å². The lowest BCUT2D eigenvalue weighted by atomic mass is 10.1. The molecule has 7 nitrogen and oxygen atoms in total. The molecule has 29 heavy (non-hydrogen) atoms.